The quantitative estimate of drug-likeness (QED) is 0.824. The van der Waals surface area contributed by atoms with Crippen molar-refractivity contribution in [1.29, 1.82) is 0 Å². The van der Waals surface area contributed by atoms with Crippen LogP contribution in [-0.4, -0.2) is 47.4 Å². The molecule has 1 atom stereocenters. The Kier molecular flexibility index (Phi) is 6.28. The topological polar surface area (TPSA) is 86.7 Å². The molecule has 130 valence electrons. The predicted octanol–water partition coefficient (Wildman–Crippen LogP) is 1.51. The van der Waals surface area contributed by atoms with Crippen molar-refractivity contribution in [3.8, 4) is 0 Å². The fourth-order valence-corrected chi connectivity index (χ4v) is 2.69. The second-order valence-corrected chi connectivity index (χ2v) is 5.87. The highest BCUT2D eigenvalue weighted by Crippen LogP contribution is 2.16. The SMILES string of the molecule is O=C(CN1CCCCCC1=O)NCC(C(=O)O)c1ccc(F)cc1. The molecule has 2 N–H and O–H groups in total. The molecule has 1 fully saturated rings. The Morgan fingerprint density at radius 1 is 1.21 bits per heavy atom. The number of nitrogens with one attached hydrogen (secondary N) is 1. The molecule has 2 rings (SSSR count). The normalized spacial score (nSPS) is 16.4. The summed E-state index contributed by atoms with van der Waals surface area (Å²) in [6, 6.07) is 5.14. The highest BCUT2D eigenvalue weighted by molar-refractivity contribution is 5.85. The Morgan fingerprint density at radius 3 is 2.58 bits per heavy atom. The molecule has 0 radical (unpaired) electrons. The van der Waals surface area contributed by atoms with Crippen molar-refractivity contribution in [3.63, 3.8) is 0 Å². The lowest BCUT2D eigenvalue weighted by Gasteiger charge is -2.20. The zero-order valence-electron chi connectivity index (χ0n) is 13.3. The van der Waals surface area contributed by atoms with Gasteiger partial charge in [-0.3, -0.25) is 14.4 Å². The molecular weight excluding hydrogens is 315 g/mol. The van der Waals surface area contributed by atoms with Gasteiger partial charge in [0.2, 0.25) is 11.8 Å². The van der Waals surface area contributed by atoms with Gasteiger partial charge >= 0.3 is 5.97 Å². The molecule has 0 bridgehead atoms. The summed E-state index contributed by atoms with van der Waals surface area (Å²) in [5.74, 6) is -2.96. The van der Waals surface area contributed by atoms with Crippen molar-refractivity contribution in [2.75, 3.05) is 19.6 Å². The molecule has 7 heteroatoms. The molecule has 0 saturated carbocycles. The Balaban J connectivity index is 1.91. The lowest BCUT2D eigenvalue weighted by Crippen LogP contribution is -2.42. The first-order valence-electron chi connectivity index (χ1n) is 8.00. The van der Waals surface area contributed by atoms with Crippen LogP contribution in [-0.2, 0) is 14.4 Å². The van der Waals surface area contributed by atoms with Gasteiger partial charge < -0.3 is 15.3 Å². The Labute approximate surface area is 139 Å². The second kappa shape index (κ2) is 8.42. The standard InChI is InChI=1S/C17H21FN2O4/c18-13-7-5-12(6-8-13)14(17(23)24)10-19-15(21)11-20-9-3-1-2-4-16(20)22/h5-8,14H,1-4,9-11H2,(H,19,21)(H,23,24). The maximum Gasteiger partial charge on any atom is 0.312 e. The summed E-state index contributed by atoms with van der Waals surface area (Å²) in [5, 5.41) is 11.9. The van der Waals surface area contributed by atoms with Crippen LogP contribution >= 0.6 is 0 Å². The molecular formula is C17H21FN2O4. The smallest absolute Gasteiger partial charge is 0.312 e. The molecule has 24 heavy (non-hydrogen) atoms. The summed E-state index contributed by atoms with van der Waals surface area (Å²) in [6.45, 7) is 0.378. The van der Waals surface area contributed by atoms with Gasteiger partial charge in [-0.25, -0.2) is 4.39 Å². The van der Waals surface area contributed by atoms with Crippen LogP contribution in [0, 0.1) is 5.82 Å². The van der Waals surface area contributed by atoms with Crippen molar-refractivity contribution in [3.05, 3.63) is 35.6 Å². The van der Waals surface area contributed by atoms with Gasteiger partial charge in [-0.1, -0.05) is 18.6 Å². The molecule has 0 spiro atoms. The van der Waals surface area contributed by atoms with Crippen molar-refractivity contribution in [1.82, 2.24) is 10.2 Å². The number of carboxylic acid groups (broad SMARTS) is 1. The number of nitrogens with zero attached hydrogens (tertiary/aromatic N) is 1. The van der Waals surface area contributed by atoms with Crippen LogP contribution in [0.5, 0.6) is 0 Å². The maximum absolute atomic E-state index is 12.9. The van der Waals surface area contributed by atoms with Gasteiger partial charge in [0.25, 0.3) is 0 Å². The summed E-state index contributed by atoms with van der Waals surface area (Å²) >= 11 is 0. The number of carbonyl (C=O) groups is 3. The van der Waals surface area contributed by atoms with Gasteiger partial charge in [0.05, 0.1) is 12.5 Å². The number of amides is 2. The molecule has 1 saturated heterocycles. The largest absolute Gasteiger partial charge is 0.481 e. The van der Waals surface area contributed by atoms with E-state index in [9.17, 15) is 23.9 Å². The first kappa shape index (κ1) is 17.9. The molecule has 0 aliphatic carbocycles. The number of benzene rings is 1. The van der Waals surface area contributed by atoms with Gasteiger partial charge in [0.1, 0.15) is 5.82 Å². The number of aliphatic carboxylic acids is 1. The first-order valence-corrected chi connectivity index (χ1v) is 8.00. The molecule has 2 amide bonds. The van der Waals surface area contributed by atoms with Crippen LogP contribution < -0.4 is 5.32 Å². The summed E-state index contributed by atoms with van der Waals surface area (Å²) in [5.41, 5.74) is 0.412. The molecule has 0 aromatic heterocycles. The summed E-state index contributed by atoms with van der Waals surface area (Å²) in [4.78, 5) is 36.8. The molecule has 1 aromatic carbocycles. The summed E-state index contributed by atoms with van der Waals surface area (Å²) in [6.07, 6.45) is 3.12. The minimum absolute atomic E-state index is 0.0454. The Hall–Kier alpha value is -2.44. The summed E-state index contributed by atoms with van der Waals surface area (Å²) in [7, 11) is 0. The number of halogens is 1. The Bertz CT molecular complexity index is 603. The van der Waals surface area contributed by atoms with E-state index in [0.717, 1.165) is 19.3 Å². The number of carboxylic acids is 1. The predicted molar refractivity (Wildman–Crippen MR) is 84.8 cm³/mol. The third-order valence-electron chi connectivity index (χ3n) is 4.08. The van der Waals surface area contributed by atoms with Crippen LogP contribution in [0.1, 0.15) is 37.2 Å². The van der Waals surface area contributed by atoms with Crippen LogP contribution in [0.15, 0.2) is 24.3 Å². The molecule has 1 aliphatic rings. The zero-order valence-corrected chi connectivity index (χ0v) is 13.3. The monoisotopic (exact) mass is 336 g/mol. The van der Waals surface area contributed by atoms with E-state index in [4.69, 9.17) is 0 Å². The number of hydrogen-bond acceptors (Lipinski definition) is 3. The highest BCUT2D eigenvalue weighted by atomic mass is 19.1. The highest BCUT2D eigenvalue weighted by Gasteiger charge is 2.23. The van der Waals surface area contributed by atoms with Crippen molar-refractivity contribution < 1.29 is 23.9 Å². The third kappa shape index (κ3) is 5.04. The van der Waals surface area contributed by atoms with Crippen LogP contribution in [0.4, 0.5) is 4.39 Å². The van der Waals surface area contributed by atoms with E-state index >= 15 is 0 Å². The van der Waals surface area contributed by atoms with Crippen LogP contribution in [0.2, 0.25) is 0 Å². The van der Waals surface area contributed by atoms with Crippen LogP contribution in [0.3, 0.4) is 0 Å². The van der Waals surface area contributed by atoms with Gasteiger partial charge in [-0.2, -0.15) is 0 Å². The van der Waals surface area contributed by atoms with Crippen molar-refractivity contribution in [2.24, 2.45) is 0 Å². The minimum Gasteiger partial charge on any atom is -0.481 e. The van der Waals surface area contributed by atoms with E-state index in [0.29, 0.717) is 18.5 Å². The van der Waals surface area contributed by atoms with E-state index in [-0.39, 0.29) is 19.0 Å². The fourth-order valence-electron chi connectivity index (χ4n) is 2.69. The van der Waals surface area contributed by atoms with E-state index in [1.807, 2.05) is 0 Å². The zero-order chi connectivity index (χ0) is 17.5. The van der Waals surface area contributed by atoms with E-state index < -0.39 is 23.6 Å². The third-order valence-corrected chi connectivity index (χ3v) is 4.08. The van der Waals surface area contributed by atoms with Crippen molar-refractivity contribution >= 4 is 17.8 Å². The molecule has 1 unspecified atom stereocenters. The molecule has 1 aliphatic heterocycles. The fraction of sp³-hybridized carbons (Fsp3) is 0.471. The van der Waals surface area contributed by atoms with E-state index in [1.54, 1.807) is 0 Å². The van der Waals surface area contributed by atoms with Gasteiger partial charge in [0.15, 0.2) is 0 Å². The molecule has 6 nitrogen and oxygen atoms in total. The lowest BCUT2D eigenvalue weighted by molar-refractivity contribution is -0.139. The van der Waals surface area contributed by atoms with E-state index in [1.165, 1.54) is 29.2 Å². The van der Waals surface area contributed by atoms with E-state index in [2.05, 4.69) is 5.32 Å². The summed E-state index contributed by atoms with van der Waals surface area (Å²) < 4.78 is 12.9. The lowest BCUT2D eigenvalue weighted by atomic mass is 9.99. The van der Waals surface area contributed by atoms with Crippen LogP contribution in [0.25, 0.3) is 0 Å². The average molecular weight is 336 g/mol. The average Bonchev–Trinajstić information content (AvgIpc) is 2.74. The van der Waals surface area contributed by atoms with Crippen molar-refractivity contribution in [2.45, 2.75) is 31.6 Å². The second-order valence-electron chi connectivity index (χ2n) is 5.87. The van der Waals surface area contributed by atoms with Gasteiger partial charge in [-0.15, -0.1) is 0 Å². The van der Waals surface area contributed by atoms with Gasteiger partial charge in [0, 0.05) is 19.5 Å². The molecule has 1 heterocycles. The minimum atomic E-state index is -1.10. The molecule has 1 aromatic rings. The maximum atomic E-state index is 12.9. The first-order chi connectivity index (χ1) is 11.5. The number of hydrogen-bond donors (Lipinski definition) is 2. The number of rotatable bonds is 6. The number of likely N-dealkylation sites (tertiary alicyclic amines) is 1. The Morgan fingerprint density at radius 2 is 1.92 bits per heavy atom. The number of carbonyl (C=O) groups excluding carboxylic acids is 2. The van der Waals surface area contributed by atoms with Gasteiger partial charge in [-0.05, 0) is 30.5 Å².